The summed E-state index contributed by atoms with van der Waals surface area (Å²) in [6.07, 6.45) is -1.39. The number of halogens is 3. The first-order valence-corrected chi connectivity index (χ1v) is 16.4. The van der Waals surface area contributed by atoms with E-state index in [1.165, 1.54) is 18.2 Å². The Kier molecular flexibility index (Phi) is 6.93. The summed E-state index contributed by atoms with van der Waals surface area (Å²) in [7, 11) is -4.24. The third kappa shape index (κ3) is 4.81. The molecule has 3 aliphatic rings. The molecule has 0 bridgehead atoms. The molecular formula is C35H29F3N2O5S. The van der Waals surface area contributed by atoms with E-state index in [2.05, 4.69) is 10.0 Å². The lowest BCUT2D eigenvalue weighted by Crippen LogP contribution is -2.19. The molecule has 0 radical (unpaired) electrons. The number of phenolic OH excluding ortho intramolecular Hbond substituents is 2. The quantitative estimate of drug-likeness (QED) is 0.168. The lowest BCUT2D eigenvalue weighted by molar-refractivity contribution is -0.137. The van der Waals surface area contributed by atoms with E-state index >= 15 is 0 Å². The zero-order valence-corrected chi connectivity index (χ0v) is 25.4. The topological polar surface area (TPSA) is 116 Å². The second-order valence-electron chi connectivity index (χ2n) is 12.0. The predicted octanol–water partition coefficient (Wildman–Crippen LogP) is 7.45. The number of nitrogens with one attached hydrogen (secondary N) is 2. The van der Waals surface area contributed by atoms with Crippen LogP contribution < -0.4 is 10.0 Å². The van der Waals surface area contributed by atoms with Crippen LogP contribution in [-0.2, 0) is 33.8 Å². The highest BCUT2D eigenvalue weighted by atomic mass is 32.2. The molecule has 2 unspecified atom stereocenters. The number of carbonyl (C=O) groups is 1. The van der Waals surface area contributed by atoms with Crippen molar-refractivity contribution in [3.05, 3.63) is 117 Å². The van der Waals surface area contributed by atoms with Gasteiger partial charge in [0, 0.05) is 34.0 Å². The molecular weight excluding hydrogens is 617 g/mol. The number of aromatic hydroxyl groups is 2. The van der Waals surface area contributed by atoms with Crippen molar-refractivity contribution >= 4 is 32.9 Å². The first-order chi connectivity index (χ1) is 21.8. The van der Waals surface area contributed by atoms with Crippen LogP contribution in [0.15, 0.2) is 83.3 Å². The molecule has 0 aromatic heterocycles. The second kappa shape index (κ2) is 10.7. The van der Waals surface area contributed by atoms with Gasteiger partial charge in [0.1, 0.15) is 11.5 Å². The minimum Gasteiger partial charge on any atom is -0.508 e. The van der Waals surface area contributed by atoms with E-state index in [0.29, 0.717) is 29.7 Å². The molecule has 4 N–H and O–H groups in total. The smallest absolute Gasteiger partial charge is 0.416 e. The van der Waals surface area contributed by atoms with Crippen LogP contribution >= 0.6 is 0 Å². The molecule has 7 nitrogen and oxygen atoms in total. The number of carbonyl (C=O) groups excluding carboxylic acids is 1. The van der Waals surface area contributed by atoms with Crippen LogP contribution in [0, 0.1) is 0 Å². The molecule has 7 rings (SSSR count). The molecule has 46 heavy (non-hydrogen) atoms. The van der Waals surface area contributed by atoms with Crippen molar-refractivity contribution in [2.24, 2.45) is 0 Å². The van der Waals surface area contributed by atoms with Gasteiger partial charge in [-0.1, -0.05) is 29.8 Å². The third-order valence-corrected chi connectivity index (χ3v) is 10.7. The van der Waals surface area contributed by atoms with Crippen LogP contribution in [-0.4, -0.2) is 24.5 Å². The number of allylic oxidation sites excluding steroid dienone is 1. The monoisotopic (exact) mass is 646 g/mol. The third-order valence-electron chi connectivity index (χ3n) is 9.30. The molecule has 1 amide bonds. The fourth-order valence-corrected chi connectivity index (χ4v) is 8.28. The van der Waals surface area contributed by atoms with Crippen molar-refractivity contribution in [2.45, 2.75) is 55.5 Å². The average molecular weight is 647 g/mol. The number of hydrogen-bond acceptors (Lipinski definition) is 5. The molecule has 0 saturated carbocycles. The molecule has 0 saturated heterocycles. The summed E-state index contributed by atoms with van der Waals surface area (Å²) < 4.78 is 68.1. The van der Waals surface area contributed by atoms with Gasteiger partial charge in [-0.2, -0.15) is 13.2 Å². The summed E-state index contributed by atoms with van der Waals surface area (Å²) >= 11 is 0. The maximum absolute atomic E-state index is 13.6. The molecule has 236 valence electrons. The first kappa shape index (κ1) is 29.9. The zero-order chi connectivity index (χ0) is 32.5. The number of anilines is 2. The van der Waals surface area contributed by atoms with Gasteiger partial charge in [0.25, 0.3) is 10.0 Å². The van der Waals surface area contributed by atoms with Crippen molar-refractivity contribution < 1.29 is 36.6 Å². The van der Waals surface area contributed by atoms with Gasteiger partial charge < -0.3 is 15.5 Å². The minimum atomic E-state index is -4.56. The van der Waals surface area contributed by atoms with E-state index in [1.54, 1.807) is 6.07 Å². The Morgan fingerprint density at radius 1 is 0.848 bits per heavy atom. The van der Waals surface area contributed by atoms with Crippen LogP contribution in [0.5, 0.6) is 11.5 Å². The van der Waals surface area contributed by atoms with Crippen LogP contribution in [0.1, 0.15) is 70.5 Å². The lowest BCUT2D eigenvalue weighted by Gasteiger charge is -2.22. The van der Waals surface area contributed by atoms with Gasteiger partial charge in [-0.3, -0.25) is 9.52 Å². The SMILES string of the molecule is CC1=C(c2cc(O)c3c(c2O)CCCC3)c2ccccc2C1C1C(=O)Nc2ccc(S(=O)(=O)Nc3ccc(C(F)(F)F)cc3)cc21. The molecule has 2 atom stereocenters. The summed E-state index contributed by atoms with van der Waals surface area (Å²) in [5.74, 6) is -1.40. The Hall–Kier alpha value is -4.77. The van der Waals surface area contributed by atoms with Crippen molar-refractivity contribution in [3.63, 3.8) is 0 Å². The normalized spacial score (nSPS) is 19.0. The highest BCUT2D eigenvalue weighted by Gasteiger charge is 2.44. The Bertz CT molecular complexity index is 2070. The summed E-state index contributed by atoms with van der Waals surface area (Å²) in [4.78, 5) is 13.5. The van der Waals surface area contributed by atoms with Crippen LogP contribution in [0.25, 0.3) is 5.57 Å². The van der Waals surface area contributed by atoms with E-state index < -0.39 is 33.6 Å². The first-order valence-electron chi connectivity index (χ1n) is 14.9. The van der Waals surface area contributed by atoms with Crippen molar-refractivity contribution in [1.82, 2.24) is 0 Å². The van der Waals surface area contributed by atoms with Crippen LogP contribution in [0.4, 0.5) is 24.5 Å². The fourth-order valence-electron chi connectivity index (χ4n) is 7.18. The van der Waals surface area contributed by atoms with Gasteiger partial charge >= 0.3 is 6.18 Å². The van der Waals surface area contributed by atoms with Gasteiger partial charge in [0.05, 0.1) is 16.4 Å². The van der Waals surface area contributed by atoms with Gasteiger partial charge in [-0.25, -0.2) is 8.42 Å². The molecule has 0 fully saturated rings. The number of fused-ring (bicyclic) bond motifs is 3. The number of sulfonamides is 1. The molecule has 4 aromatic rings. The summed E-state index contributed by atoms with van der Waals surface area (Å²) in [5, 5.41) is 25.3. The van der Waals surface area contributed by atoms with Gasteiger partial charge in [-0.05, 0) is 103 Å². The number of phenols is 2. The van der Waals surface area contributed by atoms with Crippen molar-refractivity contribution in [3.8, 4) is 11.5 Å². The Balaban J connectivity index is 1.29. The highest BCUT2D eigenvalue weighted by molar-refractivity contribution is 7.92. The summed E-state index contributed by atoms with van der Waals surface area (Å²) in [5.41, 5.74) is 5.10. The molecule has 4 aromatic carbocycles. The van der Waals surface area contributed by atoms with E-state index in [-0.39, 0.29) is 28.0 Å². The summed E-state index contributed by atoms with van der Waals surface area (Å²) in [6.45, 7) is 1.88. The largest absolute Gasteiger partial charge is 0.508 e. The Labute approximate surface area is 263 Å². The van der Waals surface area contributed by atoms with Gasteiger partial charge in [-0.15, -0.1) is 0 Å². The van der Waals surface area contributed by atoms with Crippen molar-refractivity contribution in [1.29, 1.82) is 0 Å². The lowest BCUT2D eigenvalue weighted by atomic mass is 9.80. The van der Waals surface area contributed by atoms with Crippen LogP contribution in [0.3, 0.4) is 0 Å². The molecule has 1 heterocycles. The zero-order valence-electron chi connectivity index (χ0n) is 24.6. The van der Waals surface area contributed by atoms with Crippen molar-refractivity contribution in [2.75, 3.05) is 10.0 Å². The Morgan fingerprint density at radius 2 is 1.54 bits per heavy atom. The van der Waals surface area contributed by atoms with E-state index in [0.717, 1.165) is 70.5 Å². The molecule has 11 heteroatoms. The minimum absolute atomic E-state index is 0.0412. The van der Waals surface area contributed by atoms with Crippen LogP contribution in [0.2, 0.25) is 0 Å². The maximum atomic E-state index is 13.6. The van der Waals surface area contributed by atoms with E-state index in [9.17, 15) is 36.6 Å². The number of hydrogen-bond donors (Lipinski definition) is 4. The standard InChI is InChI=1S/C35H29F3N2O5S/c1-18-30(27-17-29(41)22-6-2-5-9-25(22)33(27)42)23-7-3-4-8-24(23)31(18)32-26-16-21(14-15-28(26)39-34(32)43)46(44,45)40-20-12-10-19(11-13-20)35(36,37)38/h3-4,7-8,10-17,31-32,40-42H,2,5-6,9H2,1H3,(H,39,43). The van der Waals surface area contributed by atoms with E-state index in [1.807, 2.05) is 31.2 Å². The van der Waals surface area contributed by atoms with Gasteiger partial charge in [0.2, 0.25) is 5.91 Å². The molecule has 0 spiro atoms. The second-order valence-corrected chi connectivity index (χ2v) is 13.7. The molecule has 1 aliphatic heterocycles. The van der Waals surface area contributed by atoms with E-state index in [4.69, 9.17) is 0 Å². The number of rotatable bonds is 5. The predicted molar refractivity (Wildman–Crippen MR) is 167 cm³/mol. The highest BCUT2D eigenvalue weighted by Crippen LogP contribution is 2.56. The number of benzene rings is 4. The molecule has 2 aliphatic carbocycles. The fraction of sp³-hybridized carbons (Fsp3) is 0.229. The maximum Gasteiger partial charge on any atom is 0.416 e. The average Bonchev–Trinajstić information content (AvgIpc) is 3.49. The number of amides is 1. The number of alkyl halides is 3. The summed E-state index contributed by atoms with van der Waals surface area (Å²) in [6, 6.07) is 17.1. The van der Waals surface area contributed by atoms with Gasteiger partial charge in [0.15, 0.2) is 0 Å². The Morgan fingerprint density at radius 3 is 2.26 bits per heavy atom.